The molecule has 1 N–H and O–H groups in total. The van der Waals surface area contributed by atoms with Crippen molar-refractivity contribution in [2.45, 2.75) is 45.6 Å². The third-order valence-electron chi connectivity index (χ3n) is 5.12. The number of likely N-dealkylation sites (tertiary alicyclic amines) is 1. The lowest BCUT2D eigenvalue weighted by atomic mass is 9.99. The highest BCUT2D eigenvalue weighted by Crippen LogP contribution is 2.18. The largest absolute Gasteiger partial charge is 0.378 e. The predicted molar refractivity (Wildman–Crippen MR) is 102 cm³/mol. The molecule has 2 amide bonds. The normalized spacial score (nSPS) is 15.3. The minimum Gasteiger partial charge on any atom is -0.378 e. The molecule has 0 aliphatic carbocycles. The molecule has 0 spiro atoms. The van der Waals surface area contributed by atoms with Gasteiger partial charge in [0.25, 0.3) is 5.91 Å². The number of amides is 2. The molecular weight excluding hydrogens is 314 g/mol. The van der Waals surface area contributed by atoms with Gasteiger partial charge in [0.15, 0.2) is 0 Å². The number of anilines is 1. The minimum atomic E-state index is 0.0788. The van der Waals surface area contributed by atoms with Crippen molar-refractivity contribution in [3.63, 3.8) is 0 Å². The molecule has 1 fully saturated rings. The van der Waals surface area contributed by atoms with E-state index in [1.807, 2.05) is 48.2 Å². The molecule has 2 rings (SSSR count). The van der Waals surface area contributed by atoms with Gasteiger partial charge in [0.2, 0.25) is 5.91 Å². The van der Waals surface area contributed by atoms with Gasteiger partial charge in [0, 0.05) is 50.4 Å². The van der Waals surface area contributed by atoms with Gasteiger partial charge in [-0.1, -0.05) is 13.8 Å². The third kappa shape index (κ3) is 4.97. The van der Waals surface area contributed by atoms with Crippen molar-refractivity contribution in [1.82, 2.24) is 10.2 Å². The summed E-state index contributed by atoms with van der Waals surface area (Å²) in [6.07, 6.45) is 3.41. The number of carbonyl (C=O) groups is 2. The Morgan fingerprint density at radius 3 is 2.16 bits per heavy atom. The third-order valence-corrected chi connectivity index (χ3v) is 5.12. The molecule has 25 heavy (non-hydrogen) atoms. The summed E-state index contributed by atoms with van der Waals surface area (Å²) in [5.41, 5.74) is 1.81. The standard InChI is InChI=1S/C20H31N3O2/c1-5-15(6-2)19(24)21-17-11-13-23(14-12-17)20(25)16-7-9-18(10-8-16)22(3)4/h7-10,15,17H,5-6,11-14H2,1-4H3,(H,21,24). The number of benzene rings is 1. The molecule has 5 nitrogen and oxygen atoms in total. The van der Waals surface area contributed by atoms with Crippen LogP contribution in [-0.2, 0) is 4.79 Å². The molecule has 0 aromatic heterocycles. The number of nitrogens with one attached hydrogen (secondary N) is 1. The fourth-order valence-electron chi connectivity index (χ4n) is 3.29. The van der Waals surface area contributed by atoms with Crippen LogP contribution in [0.1, 0.15) is 49.9 Å². The Morgan fingerprint density at radius 2 is 1.68 bits per heavy atom. The SMILES string of the molecule is CCC(CC)C(=O)NC1CCN(C(=O)c2ccc(N(C)C)cc2)CC1. The Bertz CT molecular complexity index is 571. The van der Waals surface area contributed by atoms with Crippen molar-refractivity contribution in [3.8, 4) is 0 Å². The second kappa shape index (κ2) is 8.88. The van der Waals surface area contributed by atoms with Gasteiger partial charge in [-0.25, -0.2) is 0 Å². The number of carbonyl (C=O) groups excluding carboxylic acids is 2. The van der Waals surface area contributed by atoms with Crippen molar-refractivity contribution in [2.24, 2.45) is 5.92 Å². The summed E-state index contributed by atoms with van der Waals surface area (Å²) in [6, 6.07) is 7.90. The average molecular weight is 345 g/mol. The molecular formula is C20H31N3O2. The lowest BCUT2D eigenvalue weighted by molar-refractivity contribution is -0.126. The van der Waals surface area contributed by atoms with Crippen molar-refractivity contribution >= 4 is 17.5 Å². The van der Waals surface area contributed by atoms with Gasteiger partial charge in [0.05, 0.1) is 0 Å². The van der Waals surface area contributed by atoms with Crippen LogP contribution in [0.25, 0.3) is 0 Å². The predicted octanol–water partition coefficient (Wildman–Crippen LogP) is 2.91. The summed E-state index contributed by atoms with van der Waals surface area (Å²) >= 11 is 0. The van der Waals surface area contributed by atoms with E-state index in [4.69, 9.17) is 0 Å². The van der Waals surface area contributed by atoms with Gasteiger partial charge < -0.3 is 15.1 Å². The van der Waals surface area contributed by atoms with Crippen molar-refractivity contribution < 1.29 is 9.59 Å². The molecule has 1 aromatic carbocycles. The zero-order valence-electron chi connectivity index (χ0n) is 15.9. The molecule has 138 valence electrons. The maximum Gasteiger partial charge on any atom is 0.253 e. The Balaban J connectivity index is 1.87. The van der Waals surface area contributed by atoms with Crippen LogP contribution in [0.5, 0.6) is 0 Å². The lowest BCUT2D eigenvalue weighted by Gasteiger charge is -2.33. The van der Waals surface area contributed by atoms with Crippen LogP contribution in [0.2, 0.25) is 0 Å². The van der Waals surface area contributed by atoms with E-state index in [2.05, 4.69) is 19.2 Å². The number of hydrogen-bond donors (Lipinski definition) is 1. The summed E-state index contributed by atoms with van der Waals surface area (Å²) in [7, 11) is 3.97. The molecule has 0 unspecified atom stereocenters. The van der Waals surface area contributed by atoms with Crippen LogP contribution < -0.4 is 10.2 Å². The number of hydrogen-bond acceptors (Lipinski definition) is 3. The second-order valence-corrected chi connectivity index (χ2v) is 7.03. The van der Waals surface area contributed by atoms with Crippen molar-refractivity contribution in [3.05, 3.63) is 29.8 Å². The number of piperidine rings is 1. The van der Waals surface area contributed by atoms with Crippen LogP contribution in [0.3, 0.4) is 0 Å². The zero-order valence-corrected chi connectivity index (χ0v) is 15.9. The average Bonchev–Trinajstić information content (AvgIpc) is 2.63. The highest BCUT2D eigenvalue weighted by molar-refractivity contribution is 5.94. The number of nitrogens with zero attached hydrogens (tertiary/aromatic N) is 2. The Kier molecular flexibility index (Phi) is 6.85. The first-order valence-corrected chi connectivity index (χ1v) is 9.33. The van der Waals surface area contributed by atoms with E-state index in [9.17, 15) is 9.59 Å². The van der Waals surface area contributed by atoms with Gasteiger partial charge in [-0.3, -0.25) is 9.59 Å². The van der Waals surface area contributed by atoms with Gasteiger partial charge in [0.1, 0.15) is 0 Å². The van der Waals surface area contributed by atoms with Crippen LogP contribution in [-0.4, -0.2) is 49.9 Å². The summed E-state index contributed by atoms with van der Waals surface area (Å²) in [5, 5.41) is 3.16. The van der Waals surface area contributed by atoms with Crippen molar-refractivity contribution in [2.75, 3.05) is 32.1 Å². The highest BCUT2D eigenvalue weighted by atomic mass is 16.2. The first-order valence-electron chi connectivity index (χ1n) is 9.33. The van der Waals surface area contributed by atoms with E-state index in [0.717, 1.165) is 36.9 Å². The maximum absolute atomic E-state index is 12.6. The van der Waals surface area contributed by atoms with Crippen LogP contribution in [0.15, 0.2) is 24.3 Å². The fraction of sp³-hybridized carbons (Fsp3) is 0.600. The van der Waals surface area contributed by atoms with E-state index in [-0.39, 0.29) is 23.8 Å². The summed E-state index contributed by atoms with van der Waals surface area (Å²) in [5.74, 6) is 0.346. The summed E-state index contributed by atoms with van der Waals surface area (Å²) < 4.78 is 0. The van der Waals surface area contributed by atoms with Gasteiger partial charge in [-0.15, -0.1) is 0 Å². The molecule has 1 aromatic rings. The summed E-state index contributed by atoms with van der Waals surface area (Å²) in [4.78, 5) is 28.7. The van der Waals surface area contributed by atoms with Gasteiger partial charge >= 0.3 is 0 Å². The maximum atomic E-state index is 12.6. The highest BCUT2D eigenvalue weighted by Gasteiger charge is 2.26. The van der Waals surface area contributed by atoms with Gasteiger partial charge in [-0.2, -0.15) is 0 Å². The van der Waals surface area contributed by atoms with Gasteiger partial charge in [-0.05, 0) is 49.9 Å². The minimum absolute atomic E-state index is 0.0788. The molecule has 1 saturated heterocycles. The molecule has 0 atom stereocenters. The van der Waals surface area contributed by atoms with E-state index < -0.39 is 0 Å². The fourth-order valence-corrected chi connectivity index (χ4v) is 3.29. The Labute approximate surface area is 151 Å². The molecule has 1 aliphatic heterocycles. The molecule has 1 aliphatic rings. The van der Waals surface area contributed by atoms with Crippen LogP contribution in [0, 0.1) is 5.92 Å². The Morgan fingerprint density at radius 1 is 1.12 bits per heavy atom. The van der Waals surface area contributed by atoms with E-state index in [1.54, 1.807) is 0 Å². The first-order chi connectivity index (χ1) is 12.0. The first kappa shape index (κ1) is 19.3. The quantitative estimate of drug-likeness (QED) is 0.862. The molecule has 5 heteroatoms. The lowest BCUT2D eigenvalue weighted by Crippen LogP contribution is -2.47. The Hall–Kier alpha value is -2.04. The number of rotatable bonds is 6. The van der Waals surface area contributed by atoms with E-state index >= 15 is 0 Å². The van der Waals surface area contributed by atoms with Crippen LogP contribution in [0.4, 0.5) is 5.69 Å². The smallest absolute Gasteiger partial charge is 0.253 e. The monoisotopic (exact) mass is 345 g/mol. The zero-order chi connectivity index (χ0) is 18.4. The van der Waals surface area contributed by atoms with Crippen molar-refractivity contribution in [1.29, 1.82) is 0 Å². The van der Waals surface area contributed by atoms with E-state index in [1.165, 1.54) is 0 Å². The summed E-state index contributed by atoms with van der Waals surface area (Å²) in [6.45, 7) is 5.50. The molecule has 0 radical (unpaired) electrons. The molecule has 0 bridgehead atoms. The molecule has 0 saturated carbocycles. The molecule has 1 heterocycles. The van der Waals surface area contributed by atoms with Crippen LogP contribution >= 0.6 is 0 Å². The topological polar surface area (TPSA) is 52.7 Å². The second-order valence-electron chi connectivity index (χ2n) is 7.03. The van der Waals surface area contributed by atoms with E-state index in [0.29, 0.717) is 13.1 Å².